The Kier molecular flexibility index (Phi) is 9.34. The van der Waals surface area contributed by atoms with Gasteiger partial charge in [-0.05, 0) is 86.8 Å². The summed E-state index contributed by atoms with van der Waals surface area (Å²) in [6.45, 7) is 6.24. The smallest absolute Gasteiger partial charge is 0.253 e. The van der Waals surface area contributed by atoms with E-state index in [1.807, 2.05) is 85.6 Å². The number of aryl methyl sites for hydroxylation is 1. The van der Waals surface area contributed by atoms with Gasteiger partial charge in [0.1, 0.15) is 11.5 Å². The lowest BCUT2D eigenvalue weighted by Crippen LogP contribution is -2.40. The molecule has 3 aromatic carbocycles. The van der Waals surface area contributed by atoms with Gasteiger partial charge in [0.25, 0.3) is 5.91 Å². The monoisotopic (exact) mass is 609 g/mol. The molecular formula is C36H40ClN5O2. The highest BCUT2D eigenvalue weighted by Crippen LogP contribution is 2.27. The van der Waals surface area contributed by atoms with Crippen LogP contribution in [-0.2, 0) is 6.54 Å². The summed E-state index contributed by atoms with van der Waals surface area (Å²) in [4.78, 5) is 22.5. The van der Waals surface area contributed by atoms with Crippen LogP contribution in [0.1, 0.15) is 52.6 Å². The van der Waals surface area contributed by atoms with Crippen molar-refractivity contribution in [2.24, 2.45) is 0 Å². The van der Waals surface area contributed by atoms with E-state index < -0.39 is 0 Å². The molecule has 1 aliphatic rings. The number of carbonyl (C=O) groups excluding carboxylic acids is 1. The van der Waals surface area contributed by atoms with Crippen LogP contribution in [0.5, 0.6) is 0 Å². The quantitative estimate of drug-likeness (QED) is 0.168. The summed E-state index contributed by atoms with van der Waals surface area (Å²) in [5.74, 6) is 2.96. The summed E-state index contributed by atoms with van der Waals surface area (Å²) in [6, 6.07) is 30.2. The predicted octanol–water partition coefficient (Wildman–Crippen LogP) is 7.46. The predicted molar refractivity (Wildman–Crippen MR) is 178 cm³/mol. The molecule has 1 atom stereocenters. The van der Waals surface area contributed by atoms with Gasteiger partial charge in [-0.1, -0.05) is 54.1 Å². The zero-order valence-electron chi connectivity index (χ0n) is 25.5. The molecule has 1 N–H and O–H groups in total. The number of halogens is 1. The number of hydrogen-bond donors (Lipinski definition) is 1. The third-order valence-corrected chi connectivity index (χ3v) is 8.90. The van der Waals surface area contributed by atoms with E-state index in [1.165, 1.54) is 5.56 Å². The van der Waals surface area contributed by atoms with Crippen molar-refractivity contribution in [2.75, 3.05) is 38.5 Å². The lowest BCUT2D eigenvalue weighted by molar-refractivity contribution is 0.0782. The van der Waals surface area contributed by atoms with Crippen LogP contribution in [0.2, 0.25) is 5.02 Å². The zero-order chi connectivity index (χ0) is 30.5. The highest BCUT2D eigenvalue weighted by molar-refractivity contribution is 6.30. The SMILES string of the molecule is Cc1ccc(Cn2c(NC3CCN(CCC(CN(C)C(=O)c4ccccc4)c4cccc(Cl)c4)CC3)nc3ccccc32)o1. The van der Waals surface area contributed by atoms with Crippen molar-refractivity contribution in [3.63, 3.8) is 0 Å². The van der Waals surface area contributed by atoms with Gasteiger partial charge < -0.3 is 24.1 Å². The van der Waals surface area contributed by atoms with Crippen LogP contribution in [0.15, 0.2) is 95.4 Å². The first-order chi connectivity index (χ1) is 21.4. The summed E-state index contributed by atoms with van der Waals surface area (Å²) in [5.41, 5.74) is 3.97. The normalized spacial score (nSPS) is 15.0. The second-order valence-corrected chi connectivity index (χ2v) is 12.3. The molecule has 7 nitrogen and oxygen atoms in total. The molecule has 44 heavy (non-hydrogen) atoms. The van der Waals surface area contributed by atoms with Gasteiger partial charge in [-0.3, -0.25) is 4.79 Å². The summed E-state index contributed by atoms with van der Waals surface area (Å²) in [5, 5.41) is 4.49. The van der Waals surface area contributed by atoms with E-state index >= 15 is 0 Å². The maximum absolute atomic E-state index is 13.1. The molecule has 6 rings (SSSR count). The van der Waals surface area contributed by atoms with Crippen LogP contribution in [0.3, 0.4) is 0 Å². The van der Waals surface area contributed by atoms with E-state index in [1.54, 1.807) is 0 Å². The van der Waals surface area contributed by atoms with Crippen molar-refractivity contribution in [2.45, 2.75) is 44.7 Å². The Morgan fingerprint density at radius 3 is 2.55 bits per heavy atom. The van der Waals surface area contributed by atoms with Crippen molar-refractivity contribution in [3.8, 4) is 0 Å². The van der Waals surface area contributed by atoms with Gasteiger partial charge in [-0.2, -0.15) is 0 Å². The first-order valence-corrected chi connectivity index (χ1v) is 15.9. The van der Waals surface area contributed by atoms with Crippen LogP contribution < -0.4 is 5.32 Å². The largest absolute Gasteiger partial charge is 0.464 e. The number of likely N-dealkylation sites (N-methyl/N-ethyl adjacent to an activating group) is 1. The molecular weight excluding hydrogens is 570 g/mol. The lowest BCUT2D eigenvalue weighted by atomic mass is 9.94. The molecule has 0 saturated carbocycles. The molecule has 0 aliphatic carbocycles. The van der Waals surface area contributed by atoms with Gasteiger partial charge in [-0.25, -0.2) is 4.98 Å². The second kappa shape index (κ2) is 13.7. The van der Waals surface area contributed by atoms with Gasteiger partial charge in [-0.15, -0.1) is 0 Å². The number of hydrogen-bond acceptors (Lipinski definition) is 5. The molecule has 1 aliphatic heterocycles. The number of anilines is 1. The van der Waals surface area contributed by atoms with Gasteiger partial charge in [0.2, 0.25) is 5.95 Å². The molecule has 1 fully saturated rings. The highest BCUT2D eigenvalue weighted by atomic mass is 35.5. The first-order valence-electron chi connectivity index (χ1n) is 15.5. The summed E-state index contributed by atoms with van der Waals surface area (Å²) >= 11 is 6.39. The van der Waals surface area contributed by atoms with E-state index in [-0.39, 0.29) is 11.8 Å². The van der Waals surface area contributed by atoms with Crippen LogP contribution in [-0.4, -0.2) is 64.5 Å². The molecule has 1 unspecified atom stereocenters. The number of para-hydroxylation sites is 2. The minimum atomic E-state index is 0.0396. The Labute approximate surface area is 264 Å². The maximum atomic E-state index is 13.1. The molecule has 228 valence electrons. The molecule has 5 aromatic rings. The van der Waals surface area contributed by atoms with Crippen molar-refractivity contribution in [1.29, 1.82) is 0 Å². The fraction of sp³-hybridized carbons (Fsp3) is 0.333. The van der Waals surface area contributed by atoms with Gasteiger partial charge in [0, 0.05) is 49.2 Å². The van der Waals surface area contributed by atoms with Crippen LogP contribution >= 0.6 is 11.6 Å². The lowest BCUT2D eigenvalue weighted by Gasteiger charge is -2.34. The minimum absolute atomic E-state index is 0.0396. The molecule has 0 spiro atoms. The average Bonchev–Trinajstić information content (AvgIpc) is 3.62. The standard InChI is InChI=1S/C36H40ClN5O2/c1-26-15-16-32(44-26)25-42-34-14-7-6-13-33(34)39-36(42)38-31-18-21-41(22-19-31)20-17-29(28-11-8-12-30(37)23-28)24-40(2)35(43)27-9-4-3-5-10-27/h3-16,23,29,31H,17-22,24-25H2,1-2H3,(H,38,39). The van der Waals surface area contributed by atoms with Crippen LogP contribution in [0.4, 0.5) is 5.95 Å². The number of carbonyl (C=O) groups is 1. The number of imidazole rings is 1. The number of aromatic nitrogens is 2. The van der Waals surface area contributed by atoms with Crippen molar-refractivity contribution in [3.05, 3.63) is 119 Å². The summed E-state index contributed by atoms with van der Waals surface area (Å²) < 4.78 is 8.12. The number of amides is 1. The Hall–Kier alpha value is -4.07. The minimum Gasteiger partial charge on any atom is -0.464 e. The van der Waals surface area contributed by atoms with E-state index in [9.17, 15) is 4.79 Å². The number of likely N-dealkylation sites (tertiary alicyclic amines) is 1. The number of rotatable bonds is 11. The molecule has 1 saturated heterocycles. The van der Waals surface area contributed by atoms with Gasteiger partial charge in [0.05, 0.1) is 17.6 Å². The van der Waals surface area contributed by atoms with Gasteiger partial charge >= 0.3 is 0 Å². The van der Waals surface area contributed by atoms with E-state index in [0.717, 1.165) is 72.4 Å². The molecule has 2 aromatic heterocycles. The summed E-state index contributed by atoms with van der Waals surface area (Å²) in [6.07, 6.45) is 3.03. The Morgan fingerprint density at radius 2 is 1.80 bits per heavy atom. The van der Waals surface area contributed by atoms with Crippen LogP contribution in [0.25, 0.3) is 11.0 Å². The number of benzene rings is 3. The third kappa shape index (κ3) is 7.17. The molecule has 0 radical (unpaired) electrons. The number of furan rings is 1. The molecule has 0 bridgehead atoms. The van der Waals surface area contributed by atoms with E-state index in [2.05, 4.69) is 39.0 Å². The van der Waals surface area contributed by atoms with Crippen molar-refractivity contribution >= 4 is 34.5 Å². The highest BCUT2D eigenvalue weighted by Gasteiger charge is 2.24. The Balaban J connectivity index is 1.08. The molecule has 3 heterocycles. The Bertz CT molecular complexity index is 1690. The van der Waals surface area contributed by atoms with Crippen molar-refractivity contribution < 1.29 is 9.21 Å². The second-order valence-electron chi connectivity index (χ2n) is 11.9. The maximum Gasteiger partial charge on any atom is 0.253 e. The average molecular weight is 610 g/mol. The topological polar surface area (TPSA) is 66.5 Å². The van der Waals surface area contributed by atoms with Gasteiger partial charge in [0.15, 0.2) is 0 Å². The Morgan fingerprint density at radius 1 is 1.02 bits per heavy atom. The zero-order valence-corrected chi connectivity index (χ0v) is 26.2. The van der Waals surface area contributed by atoms with E-state index in [0.29, 0.717) is 24.7 Å². The molecule has 1 amide bonds. The summed E-state index contributed by atoms with van der Waals surface area (Å²) in [7, 11) is 1.89. The van der Waals surface area contributed by atoms with Crippen molar-refractivity contribution in [1.82, 2.24) is 19.4 Å². The van der Waals surface area contributed by atoms with E-state index in [4.69, 9.17) is 21.0 Å². The number of piperidine rings is 1. The number of fused-ring (bicyclic) bond motifs is 1. The van der Waals surface area contributed by atoms with Crippen LogP contribution in [0, 0.1) is 6.92 Å². The molecule has 8 heteroatoms. The number of nitrogens with one attached hydrogen (secondary N) is 1. The fourth-order valence-electron chi connectivity index (χ4n) is 6.23. The fourth-order valence-corrected chi connectivity index (χ4v) is 6.43. The first kappa shape index (κ1) is 30.0. The third-order valence-electron chi connectivity index (χ3n) is 8.66. The number of nitrogens with zero attached hydrogens (tertiary/aromatic N) is 4.